The zero-order valence-electron chi connectivity index (χ0n) is 8.42. The first-order valence-corrected chi connectivity index (χ1v) is 4.88. The van der Waals surface area contributed by atoms with E-state index < -0.39 is 0 Å². The summed E-state index contributed by atoms with van der Waals surface area (Å²) in [5.41, 5.74) is 0. The second-order valence-electron chi connectivity index (χ2n) is 3.46. The van der Waals surface area contributed by atoms with Gasteiger partial charge in [-0.2, -0.15) is 0 Å². The number of amides is 1. The van der Waals surface area contributed by atoms with E-state index in [9.17, 15) is 4.79 Å². The fraction of sp³-hybridized carbons (Fsp3) is 0.700. The van der Waals surface area contributed by atoms with E-state index in [4.69, 9.17) is 0 Å². The average molecular weight is 182 g/mol. The number of likely N-dealkylation sites (tertiary alicyclic amines) is 1. The summed E-state index contributed by atoms with van der Waals surface area (Å²) in [6, 6.07) is 0.389. The zero-order valence-corrected chi connectivity index (χ0v) is 8.42. The first-order valence-electron chi connectivity index (χ1n) is 4.88. The van der Waals surface area contributed by atoms with Gasteiger partial charge in [0, 0.05) is 19.2 Å². The maximum absolute atomic E-state index is 10.9. The molecule has 1 rings (SSSR count). The lowest BCUT2D eigenvalue weighted by molar-refractivity contribution is -0.116. The number of hydrogen-bond acceptors (Lipinski definition) is 2. The zero-order chi connectivity index (χ0) is 9.68. The number of carbonyl (C=O) groups is 1. The van der Waals surface area contributed by atoms with Crippen LogP contribution in [0.3, 0.4) is 0 Å². The Morgan fingerprint density at radius 1 is 1.46 bits per heavy atom. The molecular weight excluding hydrogens is 164 g/mol. The van der Waals surface area contributed by atoms with Crippen molar-refractivity contribution >= 4 is 5.91 Å². The molecule has 3 nitrogen and oxygen atoms in total. The van der Waals surface area contributed by atoms with Gasteiger partial charge in [0.05, 0.1) is 0 Å². The van der Waals surface area contributed by atoms with E-state index >= 15 is 0 Å². The largest absolute Gasteiger partial charge is 0.356 e. The van der Waals surface area contributed by atoms with Crippen LogP contribution in [-0.2, 0) is 4.79 Å². The second kappa shape index (κ2) is 5.02. The molecule has 1 saturated heterocycles. The molecule has 0 aromatic heterocycles. The van der Waals surface area contributed by atoms with Gasteiger partial charge in [-0.05, 0) is 32.9 Å². The van der Waals surface area contributed by atoms with Gasteiger partial charge in [-0.1, -0.05) is 6.08 Å². The minimum Gasteiger partial charge on any atom is -0.356 e. The molecule has 3 heteroatoms. The number of likely N-dealkylation sites (N-methyl/N-ethyl adjacent to an activating group) is 1. The summed E-state index contributed by atoms with van der Waals surface area (Å²) < 4.78 is 0. The number of nitrogens with one attached hydrogen (secondary N) is 1. The van der Waals surface area contributed by atoms with Crippen LogP contribution in [0.25, 0.3) is 0 Å². The topological polar surface area (TPSA) is 32.3 Å². The molecule has 1 fully saturated rings. The molecule has 1 N–H and O–H groups in total. The molecule has 0 aromatic rings. The predicted octanol–water partition coefficient (Wildman–Crippen LogP) is 0.773. The summed E-state index contributed by atoms with van der Waals surface area (Å²) in [5, 5.41) is 2.57. The van der Waals surface area contributed by atoms with Gasteiger partial charge < -0.3 is 5.32 Å². The maximum atomic E-state index is 10.9. The van der Waals surface area contributed by atoms with Crippen LogP contribution in [0.2, 0.25) is 0 Å². The fourth-order valence-electron chi connectivity index (χ4n) is 1.58. The quantitative estimate of drug-likeness (QED) is 0.654. The van der Waals surface area contributed by atoms with Crippen molar-refractivity contribution in [2.75, 3.05) is 20.1 Å². The summed E-state index contributed by atoms with van der Waals surface area (Å²) >= 11 is 0. The van der Waals surface area contributed by atoms with E-state index in [1.165, 1.54) is 25.9 Å². The number of rotatable bonds is 3. The van der Waals surface area contributed by atoms with Crippen LogP contribution in [-0.4, -0.2) is 37.0 Å². The van der Waals surface area contributed by atoms with Crippen LogP contribution in [0, 0.1) is 0 Å². The summed E-state index contributed by atoms with van der Waals surface area (Å²) in [5.74, 6) is -0.0222. The second-order valence-corrected chi connectivity index (χ2v) is 3.46. The summed E-state index contributed by atoms with van der Waals surface area (Å²) in [4.78, 5) is 13.3. The van der Waals surface area contributed by atoms with Gasteiger partial charge in [-0.25, -0.2) is 0 Å². The van der Waals surface area contributed by atoms with E-state index in [1.54, 1.807) is 13.1 Å². The first-order chi connectivity index (χ1) is 6.24. The van der Waals surface area contributed by atoms with Crippen molar-refractivity contribution in [3.8, 4) is 0 Å². The molecular formula is C10H18N2O. The highest BCUT2D eigenvalue weighted by Gasteiger charge is 2.15. The molecule has 1 heterocycles. The van der Waals surface area contributed by atoms with Crippen molar-refractivity contribution in [2.45, 2.75) is 25.8 Å². The molecule has 1 amide bonds. The highest BCUT2D eigenvalue weighted by molar-refractivity contribution is 5.87. The average Bonchev–Trinajstić information content (AvgIpc) is 2.66. The molecule has 0 radical (unpaired) electrons. The van der Waals surface area contributed by atoms with Crippen LogP contribution >= 0.6 is 0 Å². The van der Waals surface area contributed by atoms with Gasteiger partial charge in [0.15, 0.2) is 0 Å². The van der Waals surface area contributed by atoms with Crippen LogP contribution in [0.5, 0.6) is 0 Å². The van der Waals surface area contributed by atoms with Crippen molar-refractivity contribution in [1.29, 1.82) is 0 Å². The Hall–Kier alpha value is -0.830. The lowest BCUT2D eigenvalue weighted by atomic mass is 10.2. The third-order valence-corrected chi connectivity index (χ3v) is 2.49. The number of nitrogens with zero attached hydrogens (tertiary/aromatic N) is 1. The van der Waals surface area contributed by atoms with Gasteiger partial charge in [0.25, 0.3) is 0 Å². The predicted molar refractivity (Wildman–Crippen MR) is 53.5 cm³/mol. The van der Waals surface area contributed by atoms with Crippen molar-refractivity contribution in [3.63, 3.8) is 0 Å². The molecule has 1 aliphatic heterocycles. The minimum absolute atomic E-state index is 0.0222. The molecule has 0 aliphatic carbocycles. The third-order valence-electron chi connectivity index (χ3n) is 2.49. The lowest BCUT2D eigenvalue weighted by Crippen LogP contribution is -2.28. The summed E-state index contributed by atoms with van der Waals surface area (Å²) in [7, 11) is 1.65. The van der Waals surface area contributed by atoms with E-state index in [2.05, 4.69) is 17.1 Å². The van der Waals surface area contributed by atoms with Crippen molar-refractivity contribution in [3.05, 3.63) is 12.2 Å². The summed E-state index contributed by atoms with van der Waals surface area (Å²) in [6.45, 7) is 4.46. The van der Waals surface area contributed by atoms with Crippen molar-refractivity contribution in [2.24, 2.45) is 0 Å². The lowest BCUT2D eigenvalue weighted by Gasteiger charge is -2.19. The Kier molecular flexibility index (Phi) is 3.96. The molecule has 1 unspecified atom stereocenters. The standard InChI is InChI=1S/C10H18N2O/c1-9(5-6-10(13)11-2)12-7-3-4-8-12/h5-6,9H,3-4,7-8H2,1-2H3,(H,11,13). The molecule has 74 valence electrons. The van der Waals surface area contributed by atoms with Gasteiger partial charge in [0.1, 0.15) is 0 Å². The van der Waals surface area contributed by atoms with E-state index in [1.807, 2.05) is 6.08 Å². The molecule has 1 atom stereocenters. The Labute approximate surface area is 79.8 Å². The number of carbonyl (C=O) groups excluding carboxylic acids is 1. The van der Waals surface area contributed by atoms with Crippen LogP contribution in [0.1, 0.15) is 19.8 Å². The normalized spacial score (nSPS) is 20.8. The van der Waals surface area contributed by atoms with Crippen LogP contribution in [0.4, 0.5) is 0 Å². The Balaban J connectivity index is 2.34. The minimum atomic E-state index is -0.0222. The highest BCUT2D eigenvalue weighted by Crippen LogP contribution is 2.11. The van der Waals surface area contributed by atoms with Crippen molar-refractivity contribution in [1.82, 2.24) is 10.2 Å². The van der Waals surface area contributed by atoms with Gasteiger partial charge in [-0.15, -0.1) is 0 Å². The summed E-state index contributed by atoms with van der Waals surface area (Å²) in [6.07, 6.45) is 6.16. The van der Waals surface area contributed by atoms with E-state index in [-0.39, 0.29) is 5.91 Å². The van der Waals surface area contributed by atoms with Gasteiger partial charge >= 0.3 is 0 Å². The van der Waals surface area contributed by atoms with Crippen LogP contribution < -0.4 is 5.32 Å². The van der Waals surface area contributed by atoms with E-state index in [0.29, 0.717) is 6.04 Å². The van der Waals surface area contributed by atoms with Gasteiger partial charge in [-0.3, -0.25) is 9.69 Å². The molecule has 0 saturated carbocycles. The fourth-order valence-corrected chi connectivity index (χ4v) is 1.58. The maximum Gasteiger partial charge on any atom is 0.243 e. The molecule has 0 spiro atoms. The SMILES string of the molecule is CNC(=O)C=CC(C)N1CCCC1. The smallest absolute Gasteiger partial charge is 0.243 e. The van der Waals surface area contributed by atoms with E-state index in [0.717, 1.165) is 0 Å². The molecule has 0 bridgehead atoms. The first kappa shape index (κ1) is 10.3. The number of hydrogen-bond donors (Lipinski definition) is 1. The third kappa shape index (κ3) is 3.19. The Morgan fingerprint density at radius 3 is 2.62 bits per heavy atom. The monoisotopic (exact) mass is 182 g/mol. The van der Waals surface area contributed by atoms with Crippen LogP contribution in [0.15, 0.2) is 12.2 Å². The molecule has 0 aromatic carbocycles. The Bertz CT molecular complexity index is 195. The molecule has 13 heavy (non-hydrogen) atoms. The molecule has 1 aliphatic rings. The Morgan fingerprint density at radius 2 is 2.08 bits per heavy atom. The van der Waals surface area contributed by atoms with Crippen molar-refractivity contribution < 1.29 is 4.79 Å². The highest BCUT2D eigenvalue weighted by atomic mass is 16.1. The van der Waals surface area contributed by atoms with Gasteiger partial charge in [0.2, 0.25) is 5.91 Å².